The zero-order valence-corrected chi connectivity index (χ0v) is 13.8. The Labute approximate surface area is 144 Å². The van der Waals surface area contributed by atoms with E-state index in [2.05, 4.69) is 26.0 Å². The van der Waals surface area contributed by atoms with Gasteiger partial charge < -0.3 is 4.98 Å². The van der Waals surface area contributed by atoms with Gasteiger partial charge in [-0.1, -0.05) is 12.1 Å². The van der Waals surface area contributed by atoms with E-state index in [-0.39, 0.29) is 5.82 Å². The summed E-state index contributed by atoms with van der Waals surface area (Å²) in [6.07, 6.45) is 8.90. The second-order valence-corrected chi connectivity index (χ2v) is 6.21. The van der Waals surface area contributed by atoms with Crippen LogP contribution in [0.3, 0.4) is 0 Å². The first-order chi connectivity index (χ1) is 12.2. The second-order valence-electron chi connectivity index (χ2n) is 6.21. The Kier molecular flexibility index (Phi) is 3.98. The van der Waals surface area contributed by atoms with Gasteiger partial charge in [0.2, 0.25) is 0 Å². The SMILES string of the molecule is Cc1cnc2[nH]cc(Cc3cnc(Cc4ccc(F)cc4)nc3)c2c1. The molecule has 0 atom stereocenters. The number of aromatic amines is 1. The molecule has 0 saturated carbocycles. The van der Waals surface area contributed by atoms with Crippen LogP contribution >= 0.6 is 0 Å². The van der Waals surface area contributed by atoms with Crippen molar-refractivity contribution in [3.8, 4) is 0 Å². The minimum atomic E-state index is -0.233. The first kappa shape index (κ1) is 15.4. The molecule has 3 aromatic heterocycles. The van der Waals surface area contributed by atoms with Gasteiger partial charge in [-0.25, -0.2) is 19.3 Å². The van der Waals surface area contributed by atoms with E-state index in [0.717, 1.165) is 40.0 Å². The van der Waals surface area contributed by atoms with E-state index in [4.69, 9.17) is 0 Å². The van der Waals surface area contributed by atoms with Crippen molar-refractivity contribution in [1.82, 2.24) is 19.9 Å². The number of hydrogen-bond donors (Lipinski definition) is 1. The summed E-state index contributed by atoms with van der Waals surface area (Å²) in [5.41, 5.74) is 5.26. The van der Waals surface area contributed by atoms with Gasteiger partial charge in [0.15, 0.2) is 0 Å². The van der Waals surface area contributed by atoms with Crippen LogP contribution in [0.5, 0.6) is 0 Å². The largest absolute Gasteiger partial charge is 0.346 e. The van der Waals surface area contributed by atoms with Gasteiger partial charge in [0.1, 0.15) is 17.3 Å². The fourth-order valence-corrected chi connectivity index (χ4v) is 2.88. The van der Waals surface area contributed by atoms with Crippen LogP contribution in [-0.2, 0) is 12.8 Å². The fourth-order valence-electron chi connectivity index (χ4n) is 2.88. The molecule has 3 heterocycles. The molecule has 0 amide bonds. The van der Waals surface area contributed by atoms with Crippen molar-refractivity contribution in [1.29, 1.82) is 0 Å². The lowest BCUT2D eigenvalue weighted by molar-refractivity contribution is 0.627. The fraction of sp³-hybridized carbons (Fsp3) is 0.150. The van der Waals surface area contributed by atoms with Crippen molar-refractivity contribution in [2.24, 2.45) is 0 Å². The smallest absolute Gasteiger partial charge is 0.137 e. The summed E-state index contributed by atoms with van der Waals surface area (Å²) in [7, 11) is 0. The second kappa shape index (κ2) is 6.43. The predicted octanol–water partition coefficient (Wildman–Crippen LogP) is 3.98. The highest BCUT2D eigenvalue weighted by atomic mass is 19.1. The van der Waals surface area contributed by atoms with E-state index in [1.54, 1.807) is 12.1 Å². The van der Waals surface area contributed by atoms with Crippen molar-refractivity contribution in [3.05, 3.63) is 89.0 Å². The maximum absolute atomic E-state index is 13.0. The number of aromatic nitrogens is 4. The lowest BCUT2D eigenvalue weighted by Gasteiger charge is -2.03. The molecule has 0 spiro atoms. The Bertz CT molecular complexity index is 1000. The van der Waals surface area contributed by atoms with Crippen LogP contribution in [0.25, 0.3) is 11.0 Å². The van der Waals surface area contributed by atoms with Gasteiger partial charge in [-0.05, 0) is 47.4 Å². The maximum atomic E-state index is 13.0. The predicted molar refractivity (Wildman–Crippen MR) is 94.9 cm³/mol. The molecule has 1 aromatic carbocycles. The Morgan fingerprint density at radius 1 is 0.920 bits per heavy atom. The van der Waals surface area contributed by atoms with Crippen LogP contribution in [0.15, 0.2) is 55.1 Å². The third-order valence-electron chi connectivity index (χ3n) is 4.18. The number of pyridine rings is 1. The van der Waals surface area contributed by atoms with E-state index < -0.39 is 0 Å². The van der Waals surface area contributed by atoms with Gasteiger partial charge in [-0.15, -0.1) is 0 Å². The summed E-state index contributed by atoms with van der Waals surface area (Å²) in [6, 6.07) is 8.56. The summed E-state index contributed by atoms with van der Waals surface area (Å²) >= 11 is 0. The minimum Gasteiger partial charge on any atom is -0.346 e. The molecular weight excluding hydrogens is 315 g/mol. The van der Waals surface area contributed by atoms with Crippen LogP contribution in [0.2, 0.25) is 0 Å². The zero-order chi connectivity index (χ0) is 17.2. The molecule has 25 heavy (non-hydrogen) atoms. The number of halogens is 1. The molecule has 124 valence electrons. The third kappa shape index (κ3) is 3.40. The van der Waals surface area contributed by atoms with E-state index in [1.165, 1.54) is 17.7 Å². The lowest BCUT2D eigenvalue weighted by Crippen LogP contribution is -1.98. The quantitative estimate of drug-likeness (QED) is 0.615. The average Bonchev–Trinajstić information content (AvgIpc) is 3.01. The van der Waals surface area contributed by atoms with Crippen LogP contribution in [0.4, 0.5) is 4.39 Å². The van der Waals surface area contributed by atoms with Gasteiger partial charge in [0.05, 0.1) is 0 Å². The topological polar surface area (TPSA) is 54.5 Å². The standard InChI is InChI=1S/C20H17FN4/c1-13-6-18-16(12-25-20(18)24-9-13)7-15-10-22-19(23-11-15)8-14-2-4-17(21)5-3-14/h2-6,9-12H,7-8H2,1H3,(H,24,25). The number of hydrogen-bond acceptors (Lipinski definition) is 3. The van der Waals surface area contributed by atoms with Gasteiger partial charge in [-0.3, -0.25) is 0 Å². The molecular formula is C20H17FN4. The van der Waals surface area contributed by atoms with Crippen molar-refractivity contribution >= 4 is 11.0 Å². The molecule has 0 saturated heterocycles. The highest BCUT2D eigenvalue weighted by Crippen LogP contribution is 2.20. The van der Waals surface area contributed by atoms with E-state index in [9.17, 15) is 4.39 Å². The number of nitrogens with one attached hydrogen (secondary N) is 1. The van der Waals surface area contributed by atoms with Crippen molar-refractivity contribution in [2.75, 3.05) is 0 Å². The highest BCUT2D eigenvalue weighted by molar-refractivity contribution is 5.80. The Hall–Kier alpha value is -3.08. The number of nitrogens with zero attached hydrogens (tertiary/aromatic N) is 3. The molecule has 4 rings (SSSR count). The Balaban J connectivity index is 1.51. The van der Waals surface area contributed by atoms with Crippen molar-refractivity contribution in [3.63, 3.8) is 0 Å². The third-order valence-corrected chi connectivity index (χ3v) is 4.18. The van der Waals surface area contributed by atoms with Gasteiger partial charge in [0, 0.05) is 43.0 Å². The van der Waals surface area contributed by atoms with Crippen molar-refractivity contribution < 1.29 is 4.39 Å². The molecule has 1 N–H and O–H groups in total. The number of rotatable bonds is 4. The number of benzene rings is 1. The summed E-state index contributed by atoms with van der Waals surface area (Å²) in [5, 5.41) is 1.13. The molecule has 0 bridgehead atoms. The van der Waals surface area contributed by atoms with Crippen LogP contribution in [0, 0.1) is 12.7 Å². The van der Waals surface area contributed by atoms with E-state index >= 15 is 0 Å². The molecule has 0 aliphatic rings. The molecule has 4 aromatic rings. The number of H-pyrrole nitrogens is 1. The van der Waals surface area contributed by atoms with Crippen LogP contribution in [0.1, 0.15) is 28.1 Å². The lowest BCUT2D eigenvalue weighted by atomic mass is 10.1. The first-order valence-corrected chi connectivity index (χ1v) is 8.14. The molecule has 0 unspecified atom stereocenters. The first-order valence-electron chi connectivity index (χ1n) is 8.14. The van der Waals surface area contributed by atoms with E-state index in [1.807, 2.05) is 31.7 Å². The number of aryl methyl sites for hydroxylation is 1. The minimum absolute atomic E-state index is 0.233. The van der Waals surface area contributed by atoms with Crippen LogP contribution < -0.4 is 0 Å². The zero-order valence-electron chi connectivity index (χ0n) is 13.8. The monoisotopic (exact) mass is 332 g/mol. The normalized spacial score (nSPS) is 11.1. The maximum Gasteiger partial charge on any atom is 0.137 e. The molecule has 0 radical (unpaired) electrons. The summed E-state index contributed by atoms with van der Waals surface area (Å²) in [6.45, 7) is 2.04. The molecule has 0 aliphatic carbocycles. The van der Waals surface area contributed by atoms with Gasteiger partial charge in [-0.2, -0.15) is 0 Å². The molecule has 4 nitrogen and oxygen atoms in total. The van der Waals surface area contributed by atoms with E-state index in [0.29, 0.717) is 6.42 Å². The average molecular weight is 332 g/mol. The molecule has 0 aliphatic heterocycles. The van der Waals surface area contributed by atoms with Crippen molar-refractivity contribution in [2.45, 2.75) is 19.8 Å². The highest BCUT2D eigenvalue weighted by Gasteiger charge is 2.07. The summed E-state index contributed by atoms with van der Waals surface area (Å²) in [5.74, 6) is 0.496. The Morgan fingerprint density at radius 2 is 1.68 bits per heavy atom. The van der Waals surface area contributed by atoms with Gasteiger partial charge in [0.25, 0.3) is 0 Å². The molecule has 0 fully saturated rings. The van der Waals surface area contributed by atoms with Crippen LogP contribution in [-0.4, -0.2) is 19.9 Å². The summed E-state index contributed by atoms with van der Waals surface area (Å²) in [4.78, 5) is 16.5. The molecule has 5 heteroatoms. The Morgan fingerprint density at radius 3 is 2.44 bits per heavy atom. The number of fused-ring (bicyclic) bond motifs is 1. The summed E-state index contributed by atoms with van der Waals surface area (Å²) < 4.78 is 13.0. The van der Waals surface area contributed by atoms with Gasteiger partial charge >= 0.3 is 0 Å².